The second kappa shape index (κ2) is 10.4. The van der Waals surface area contributed by atoms with Crippen molar-refractivity contribution in [2.45, 2.75) is 63.9 Å². The first-order valence-corrected chi connectivity index (χ1v) is 11.7. The maximum atomic E-state index is 5.67. The third kappa shape index (κ3) is 5.92. The number of nitrogens with zero attached hydrogens (tertiary/aromatic N) is 4. The van der Waals surface area contributed by atoms with Crippen LogP contribution in [0, 0.1) is 0 Å². The fourth-order valence-corrected chi connectivity index (χ4v) is 4.56. The maximum absolute atomic E-state index is 5.67. The summed E-state index contributed by atoms with van der Waals surface area (Å²) in [6.07, 6.45) is 11.3. The molecule has 1 atom stereocenters. The molecule has 1 aromatic heterocycles. The van der Waals surface area contributed by atoms with Gasteiger partial charge < -0.3 is 25.2 Å². The van der Waals surface area contributed by atoms with Crippen molar-refractivity contribution in [3.05, 3.63) is 6.07 Å². The second-order valence-corrected chi connectivity index (χ2v) is 8.74. The van der Waals surface area contributed by atoms with E-state index in [0.29, 0.717) is 11.1 Å². The lowest BCUT2D eigenvalue weighted by Crippen LogP contribution is -2.36. The molecular formula is C21H34N6OS. The fraction of sp³-hybridized carbons (Fsp3) is 0.762. The predicted octanol–water partition coefficient (Wildman–Crippen LogP) is 3.31. The van der Waals surface area contributed by atoms with Crippen LogP contribution in [0.1, 0.15) is 57.8 Å². The third-order valence-electron chi connectivity index (χ3n) is 6.05. The lowest BCUT2D eigenvalue weighted by Gasteiger charge is -2.29. The van der Waals surface area contributed by atoms with E-state index in [1.54, 1.807) is 0 Å². The molecule has 4 rings (SSSR count). The molecule has 0 unspecified atom stereocenters. The molecule has 3 aliphatic rings. The number of thiocarbonyl (C=S) groups is 1. The predicted molar refractivity (Wildman–Crippen MR) is 122 cm³/mol. The quantitative estimate of drug-likeness (QED) is 0.706. The summed E-state index contributed by atoms with van der Waals surface area (Å²) in [7, 11) is 0. The monoisotopic (exact) mass is 418 g/mol. The molecule has 4 heterocycles. The zero-order valence-corrected chi connectivity index (χ0v) is 18.2. The first-order chi connectivity index (χ1) is 14.3. The summed E-state index contributed by atoms with van der Waals surface area (Å²) in [5.41, 5.74) is 0. The van der Waals surface area contributed by atoms with E-state index in [-0.39, 0.29) is 6.10 Å². The molecule has 0 aliphatic carbocycles. The summed E-state index contributed by atoms with van der Waals surface area (Å²) in [5.74, 6) is 2.63. The second-order valence-electron chi connectivity index (χ2n) is 8.33. The number of anilines is 3. The number of nitrogens with one attached hydrogen (secondary N) is 2. The summed E-state index contributed by atoms with van der Waals surface area (Å²) in [6.45, 7) is 5.85. The SMILES string of the molecule is S=C(NC[C@H]1CCCO1)Nc1nc(N2CCCCCC2)cc(N2CCCCC2)n1. The number of ether oxygens (including phenoxy) is 1. The average Bonchev–Trinajstić information content (AvgIpc) is 3.13. The maximum Gasteiger partial charge on any atom is 0.232 e. The van der Waals surface area contributed by atoms with E-state index in [0.717, 1.165) is 63.8 Å². The normalized spacial score (nSPS) is 23.0. The molecular weight excluding hydrogens is 384 g/mol. The Balaban J connectivity index is 1.47. The minimum absolute atomic E-state index is 0.253. The van der Waals surface area contributed by atoms with E-state index in [2.05, 4.69) is 26.5 Å². The highest BCUT2D eigenvalue weighted by atomic mass is 32.1. The van der Waals surface area contributed by atoms with E-state index < -0.39 is 0 Å². The molecule has 0 spiro atoms. The van der Waals surface area contributed by atoms with E-state index in [9.17, 15) is 0 Å². The molecule has 0 amide bonds. The van der Waals surface area contributed by atoms with Crippen molar-refractivity contribution < 1.29 is 4.74 Å². The van der Waals surface area contributed by atoms with Crippen molar-refractivity contribution in [3.8, 4) is 0 Å². The van der Waals surface area contributed by atoms with Crippen molar-refractivity contribution in [2.24, 2.45) is 0 Å². The Morgan fingerprint density at radius 1 is 0.931 bits per heavy atom. The van der Waals surface area contributed by atoms with Gasteiger partial charge in [0.05, 0.1) is 6.10 Å². The molecule has 1 aromatic rings. The van der Waals surface area contributed by atoms with Gasteiger partial charge in [0.15, 0.2) is 5.11 Å². The molecule has 3 fully saturated rings. The van der Waals surface area contributed by atoms with Gasteiger partial charge >= 0.3 is 0 Å². The van der Waals surface area contributed by atoms with Crippen LogP contribution in [0.15, 0.2) is 6.07 Å². The smallest absolute Gasteiger partial charge is 0.232 e. The molecule has 2 N–H and O–H groups in total. The van der Waals surface area contributed by atoms with Crippen molar-refractivity contribution in [3.63, 3.8) is 0 Å². The fourth-order valence-electron chi connectivity index (χ4n) is 4.38. The molecule has 0 saturated carbocycles. The lowest BCUT2D eigenvalue weighted by molar-refractivity contribution is 0.114. The number of aromatic nitrogens is 2. The number of hydrogen-bond acceptors (Lipinski definition) is 6. The van der Waals surface area contributed by atoms with Gasteiger partial charge in [0.25, 0.3) is 0 Å². The van der Waals surface area contributed by atoms with Gasteiger partial charge in [0, 0.05) is 45.4 Å². The molecule has 0 radical (unpaired) electrons. The van der Waals surface area contributed by atoms with Crippen LogP contribution in [0.2, 0.25) is 0 Å². The molecule has 0 aromatic carbocycles. The van der Waals surface area contributed by atoms with Crippen LogP contribution in [0.3, 0.4) is 0 Å². The van der Waals surface area contributed by atoms with Gasteiger partial charge in [-0.05, 0) is 57.2 Å². The van der Waals surface area contributed by atoms with Crippen molar-refractivity contribution in [1.29, 1.82) is 0 Å². The Bertz CT molecular complexity index is 667. The first-order valence-electron chi connectivity index (χ1n) is 11.3. The van der Waals surface area contributed by atoms with Crippen LogP contribution < -0.4 is 20.4 Å². The van der Waals surface area contributed by atoms with Gasteiger partial charge in [-0.1, -0.05) is 12.8 Å². The minimum Gasteiger partial charge on any atom is -0.376 e. The van der Waals surface area contributed by atoms with E-state index in [1.807, 2.05) is 0 Å². The Hall–Kier alpha value is -1.67. The van der Waals surface area contributed by atoms with Crippen LogP contribution in [0.25, 0.3) is 0 Å². The topological polar surface area (TPSA) is 65.6 Å². The zero-order valence-electron chi connectivity index (χ0n) is 17.4. The molecule has 0 bridgehead atoms. The highest BCUT2D eigenvalue weighted by Crippen LogP contribution is 2.25. The van der Waals surface area contributed by atoms with Crippen molar-refractivity contribution >= 4 is 34.9 Å². The summed E-state index contributed by atoms with van der Waals surface area (Å²) in [4.78, 5) is 14.4. The van der Waals surface area contributed by atoms with Gasteiger partial charge in [0.1, 0.15) is 11.6 Å². The van der Waals surface area contributed by atoms with Crippen LogP contribution in [-0.2, 0) is 4.74 Å². The van der Waals surface area contributed by atoms with Gasteiger partial charge in [-0.2, -0.15) is 9.97 Å². The lowest BCUT2D eigenvalue weighted by atomic mass is 10.1. The Kier molecular flexibility index (Phi) is 7.38. The average molecular weight is 419 g/mol. The van der Waals surface area contributed by atoms with Crippen LogP contribution in [-0.4, -0.2) is 60.5 Å². The number of piperidine rings is 1. The minimum atomic E-state index is 0.253. The van der Waals surface area contributed by atoms with Crippen LogP contribution >= 0.6 is 12.2 Å². The Morgan fingerprint density at radius 2 is 1.52 bits per heavy atom. The third-order valence-corrected chi connectivity index (χ3v) is 6.30. The summed E-state index contributed by atoms with van der Waals surface area (Å²) >= 11 is 5.51. The molecule has 7 nitrogen and oxygen atoms in total. The van der Waals surface area contributed by atoms with Crippen LogP contribution in [0.5, 0.6) is 0 Å². The number of rotatable bonds is 5. The standard InChI is InChI=1S/C21H34N6OS/c29-21(22-16-17-9-8-14-28-17)25-20-23-18(26-10-4-1-2-5-11-26)15-19(24-20)27-12-6-3-7-13-27/h15,17H,1-14,16H2,(H2,22,23,24,25,29)/t17-/m1/s1. The van der Waals surface area contributed by atoms with Gasteiger partial charge in [0.2, 0.25) is 5.95 Å². The van der Waals surface area contributed by atoms with Gasteiger partial charge in [-0.25, -0.2) is 0 Å². The number of hydrogen-bond donors (Lipinski definition) is 2. The largest absolute Gasteiger partial charge is 0.376 e. The Labute approximate surface area is 179 Å². The highest BCUT2D eigenvalue weighted by molar-refractivity contribution is 7.80. The summed E-state index contributed by atoms with van der Waals surface area (Å²) < 4.78 is 5.67. The van der Waals surface area contributed by atoms with Gasteiger partial charge in [-0.3, -0.25) is 0 Å². The van der Waals surface area contributed by atoms with Gasteiger partial charge in [-0.15, -0.1) is 0 Å². The van der Waals surface area contributed by atoms with E-state index in [4.69, 9.17) is 26.9 Å². The van der Waals surface area contributed by atoms with Crippen LogP contribution in [0.4, 0.5) is 17.6 Å². The van der Waals surface area contributed by atoms with Crippen molar-refractivity contribution in [1.82, 2.24) is 15.3 Å². The molecule has 3 aliphatic heterocycles. The van der Waals surface area contributed by atoms with Crippen molar-refractivity contribution in [2.75, 3.05) is 54.4 Å². The Morgan fingerprint density at radius 3 is 2.07 bits per heavy atom. The zero-order chi connectivity index (χ0) is 19.9. The molecule has 160 valence electrons. The highest BCUT2D eigenvalue weighted by Gasteiger charge is 2.19. The molecule has 29 heavy (non-hydrogen) atoms. The first kappa shape index (κ1) is 20.6. The summed E-state index contributed by atoms with van der Waals surface area (Å²) in [5, 5.41) is 7.07. The van der Waals surface area contributed by atoms with E-state index >= 15 is 0 Å². The molecule has 8 heteroatoms. The summed E-state index contributed by atoms with van der Waals surface area (Å²) in [6, 6.07) is 2.17. The molecule has 3 saturated heterocycles. The van der Waals surface area contributed by atoms with E-state index in [1.165, 1.54) is 44.9 Å².